The van der Waals surface area contributed by atoms with Crippen LogP contribution >= 0.6 is 11.3 Å². The molecule has 1 aromatic heterocycles. The lowest BCUT2D eigenvalue weighted by Gasteiger charge is -2.14. The Morgan fingerprint density at radius 2 is 2.10 bits per heavy atom. The molecule has 2 aromatic rings. The molecule has 0 radical (unpaired) electrons. The molecule has 1 N–H and O–H groups in total. The molecule has 5 heteroatoms. The van der Waals surface area contributed by atoms with E-state index >= 15 is 0 Å². The van der Waals surface area contributed by atoms with Crippen molar-refractivity contribution in [3.05, 3.63) is 41.4 Å². The Balaban J connectivity index is 1.88. The first-order chi connectivity index (χ1) is 9.65. The van der Waals surface area contributed by atoms with Crippen molar-refractivity contribution < 1.29 is 9.90 Å². The van der Waals surface area contributed by atoms with Crippen molar-refractivity contribution in [1.29, 1.82) is 0 Å². The summed E-state index contributed by atoms with van der Waals surface area (Å²) in [7, 11) is 1.99. The second-order valence-corrected chi connectivity index (χ2v) is 5.60. The van der Waals surface area contributed by atoms with Crippen LogP contribution in [0.1, 0.15) is 18.5 Å². The Hall–Kier alpha value is -1.72. The average Bonchev–Trinajstić information content (AvgIpc) is 2.88. The zero-order chi connectivity index (χ0) is 14.4. The van der Waals surface area contributed by atoms with Crippen molar-refractivity contribution in [2.45, 2.75) is 19.4 Å². The van der Waals surface area contributed by atoms with Crippen molar-refractivity contribution >= 4 is 17.3 Å². The molecule has 2 rings (SSSR count). The van der Waals surface area contributed by atoms with Gasteiger partial charge in [0.15, 0.2) is 0 Å². The van der Waals surface area contributed by atoms with E-state index in [4.69, 9.17) is 5.11 Å². The third-order valence-electron chi connectivity index (χ3n) is 2.93. The van der Waals surface area contributed by atoms with Crippen LogP contribution in [0.4, 0.5) is 0 Å². The number of nitrogens with zero attached hydrogens (tertiary/aromatic N) is 2. The number of carbonyl (C=O) groups is 1. The van der Waals surface area contributed by atoms with Crippen LogP contribution in [0.25, 0.3) is 10.6 Å². The smallest absolute Gasteiger partial charge is 0.303 e. The molecule has 20 heavy (non-hydrogen) atoms. The molecule has 1 heterocycles. The molecule has 0 aliphatic heterocycles. The molecule has 0 unspecified atom stereocenters. The van der Waals surface area contributed by atoms with E-state index in [1.807, 2.05) is 25.2 Å². The van der Waals surface area contributed by atoms with Gasteiger partial charge in [0.05, 0.1) is 5.69 Å². The van der Waals surface area contributed by atoms with Gasteiger partial charge < -0.3 is 10.0 Å². The topological polar surface area (TPSA) is 53.4 Å². The highest BCUT2D eigenvalue weighted by Crippen LogP contribution is 2.23. The van der Waals surface area contributed by atoms with Crippen LogP contribution in [0.5, 0.6) is 0 Å². The quantitative estimate of drug-likeness (QED) is 0.851. The fraction of sp³-hybridized carbons (Fsp3) is 0.333. The highest BCUT2D eigenvalue weighted by atomic mass is 32.1. The number of hydrogen-bond donors (Lipinski definition) is 1. The van der Waals surface area contributed by atoms with Crippen LogP contribution in [0.2, 0.25) is 0 Å². The van der Waals surface area contributed by atoms with E-state index in [0.717, 1.165) is 29.4 Å². The predicted molar refractivity (Wildman–Crippen MR) is 80.8 cm³/mol. The Kier molecular flexibility index (Phi) is 5.26. The predicted octanol–water partition coefficient (Wildman–Crippen LogP) is 3.11. The number of aromatic nitrogens is 1. The summed E-state index contributed by atoms with van der Waals surface area (Å²) in [6.07, 6.45) is 0.887. The normalized spacial score (nSPS) is 10.9. The van der Waals surface area contributed by atoms with Gasteiger partial charge in [-0.2, -0.15) is 0 Å². The highest BCUT2D eigenvalue weighted by molar-refractivity contribution is 7.13. The number of benzene rings is 1. The van der Waals surface area contributed by atoms with E-state index < -0.39 is 5.97 Å². The van der Waals surface area contributed by atoms with Gasteiger partial charge in [0.2, 0.25) is 0 Å². The first-order valence-corrected chi connectivity index (χ1v) is 7.43. The molecule has 0 saturated heterocycles. The van der Waals surface area contributed by atoms with Crippen LogP contribution in [0.3, 0.4) is 0 Å². The van der Waals surface area contributed by atoms with Gasteiger partial charge in [-0.05, 0) is 20.0 Å². The summed E-state index contributed by atoms with van der Waals surface area (Å²) in [4.78, 5) is 17.2. The molecular weight excluding hydrogens is 272 g/mol. The number of carboxylic acids is 1. The van der Waals surface area contributed by atoms with Gasteiger partial charge in [0, 0.05) is 23.9 Å². The number of carboxylic acid groups (broad SMARTS) is 1. The van der Waals surface area contributed by atoms with E-state index in [1.165, 1.54) is 0 Å². The Morgan fingerprint density at radius 3 is 2.80 bits per heavy atom. The van der Waals surface area contributed by atoms with Gasteiger partial charge in [0.1, 0.15) is 5.01 Å². The lowest BCUT2D eigenvalue weighted by molar-refractivity contribution is -0.137. The minimum atomic E-state index is -0.738. The lowest BCUT2D eigenvalue weighted by atomic mass is 10.2. The minimum absolute atomic E-state index is 0.219. The maximum Gasteiger partial charge on any atom is 0.303 e. The van der Waals surface area contributed by atoms with Crippen molar-refractivity contribution in [2.24, 2.45) is 0 Å². The van der Waals surface area contributed by atoms with Gasteiger partial charge >= 0.3 is 5.97 Å². The standard InChI is InChI=1S/C15H18N2O2S/c1-17(9-5-8-14(18)19)10-13-11-20-15(16-13)12-6-3-2-4-7-12/h2-4,6-7,11H,5,8-10H2,1H3,(H,18,19). The van der Waals surface area contributed by atoms with Crippen LogP contribution in [-0.2, 0) is 11.3 Å². The summed E-state index contributed by atoms with van der Waals surface area (Å²) in [5.41, 5.74) is 2.17. The fourth-order valence-electron chi connectivity index (χ4n) is 1.95. The van der Waals surface area contributed by atoms with E-state index in [9.17, 15) is 4.79 Å². The molecule has 1 aromatic carbocycles. The van der Waals surface area contributed by atoms with Crippen LogP contribution in [0.15, 0.2) is 35.7 Å². The Labute approximate surface area is 122 Å². The maximum atomic E-state index is 10.5. The summed E-state index contributed by atoms with van der Waals surface area (Å²) in [5.74, 6) is -0.738. The first kappa shape index (κ1) is 14.7. The van der Waals surface area contributed by atoms with Crippen LogP contribution in [-0.4, -0.2) is 34.6 Å². The maximum absolute atomic E-state index is 10.5. The summed E-state index contributed by atoms with van der Waals surface area (Å²) in [6, 6.07) is 10.1. The van der Waals surface area contributed by atoms with E-state index in [0.29, 0.717) is 6.42 Å². The van der Waals surface area contributed by atoms with Gasteiger partial charge in [-0.3, -0.25) is 4.79 Å². The number of thiazole rings is 1. The largest absolute Gasteiger partial charge is 0.481 e. The number of aliphatic carboxylic acids is 1. The van der Waals surface area contributed by atoms with Crippen molar-refractivity contribution in [3.63, 3.8) is 0 Å². The lowest BCUT2D eigenvalue weighted by Crippen LogP contribution is -2.20. The average molecular weight is 290 g/mol. The molecule has 4 nitrogen and oxygen atoms in total. The summed E-state index contributed by atoms with van der Waals surface area (Å²) >= 11 is 1.64. The van der Waals surface area contributed by atoms with Crippen LogP contribution < -0.4 is 0 Å². The van der Waals surface area contributed by atoms with Crippen LogP contribution in [0, 0.1) is 0 Å². The molecular formula is C15H18N2O2S. The number of rotatable bonds is 7. The SMILES string of the molecule is CN(CCCC(=O)O)Cc1csc(-c2ccccc2)n1. The molecule has 0 atom stereocenters. The van der Waals surface area contributed by atoms with E-state index in [2.05, 4.69) is 27.4 Å². The molecule has 0 amide bonds. The first-order valence-electron chi connectivity index (χ1n) is 6.55. The zero-order valence-electron chi connectivity index (χ0n) is 11.5. The molecule has 0 aliphatic carbocycles. The molecule has 0 bridgehead atoms. The summed E-state index contributed by atoms with van der Waals surface area (Å²) in [5, 5.41) is 11.7. The third kappa shape index (κ3) is 4.43. The molecule has 0 fully saturated rings. The zero-order valence-corrected chi connectivity index (χ0v) is 12.3. The molecule has 0 saturated carbocycles. The molecule has 0 aliphatic rings. The summed E-state index contributed by atoms with van der Waals surface area (Å²) in [6.45, 7) is 1.52. The Morgan fingerprint density at radius 1 is 1.35 bits per heavy atom. The van der Waals surface area contributed by atoms with Gasteiger partial charge in [-0.25, -0.2) is 4.98 Å². The van der Waals surface area contributed by atoms with Crippen molar-refractivity contribution in [2.75, 3.05) is 13.6 Å². The van der Waals surface area contributed by atoms with Crippen molar-refractivity contribution in [3.8, 4) is 10.6 Å². The van der Waals surface area contributed by atoms with Gasteiger partial charge in [-0.15, -0.1) is 11.3 Å². The third-order valence-corrected chi connectivity index (χ3v) is 3.88. The molecule has 106 valence electrons. The second kappa shape index (κ2) is 7.17. The van der Waals surface area contributed by atoms with E-state index in [1.54, 1.807) is 11.3 Å². The Bertz CT molecular complexity index is 554. The van der Waals surface area contributed by atoms with Crippen molar-refractivity contribution in [1.82, 2.24) is 9.88 Å². The molecule has 0 spiro atoms. The fourth-order valence-corrected chi connectivity index (χ4v) is 2.77. The second-order valence-electron chi connectivity index (χ2n) is 4.75. The summed E-state index contributed by atoms with van der Waals surface area (Å²) < 4.78 is 0. The minimum Gasteiger partial charge on any atom is -0.481 e. The monoisotopic (exact) mass is 290 g/mol. The number of hydrogen-bond acceptors (Lipinski definition) is 4. The highest BCUT2D eigenvalue weighted by Gasteiger charge is 2.07. The van der Waals surface area contributed by atoms with Gasteiger partial charge in [-0.1, -0.05) is 30.3 Å². The van der Waals surface area contributed by atoms with Gasteiger partial charge in [0.25, 0.3) is 0 Å². The van der Waals surface area contributed by atoms with E-state index in [-0.39, 0.29) is 6.42 Å².